The van der Waals surface area contributed by atoms with E-state index in [4.69, 9.17) is 5.73 Å². The van der Waals surface area contributed by atoms with Crippen molar-refractivity contribution in [1.82, 2.24) is 0 Å². The third-order valence-corrected chi connectivity index (χ3v) is 4.23. The van der Waals surface area contributed by atoms with Crippen molar-refractivity contribution < 1.29 is 4.39 Å². The van der Waals surface area contributed by atoms with Crippen molar-refractivity contribution in [2.75, 3.05) is 23.9 Å². The molecule has 2 rings (SSSR count). The average Bonchev–Trinajstić information content (AvgIpc) is 2.49. The lowest BCUT2D eigenvalue weighted by atomic mass is 10.2. The van der Waals surface area contributed by atoms with Gasteiger partial charge >= 0.3 is 0 Å². The number of aliphatic imine (C=N–C) groups is 1. The summed E-state index contributed by atoms with van der Waals surface area (Å²) in [6.07, 6.45) is 0. The lowest BCUT2D eigenvalue weighted by Crippen LogP contribution is -2.35. The zero-order chi connectivity index (χ0) is 17.0. The summed E-state index contributed by atoms with van der Waals surface area (Å²) in [6, 6.07) is 10.9. The predicted octanol–water partition coefficient (Wildman–Crippen LogP) is 4.03. The topological polar surface area (TPSA) is 53.6 Å². The van der Waals surface area contributed by atoms with Gasteiger partial charge in [-0.05, 0) is 53.0 Å². The van der Waals surface area contributed by atoms with Gasteiger partial charge < -0.3 is 16.0 Å². The molecule has 122 valence electrons. The molecule has 0 aliphatic carbocycles. The van der Waals surface area contributed by atoms with E-state index in [0.29, 0.717) is 11.6 Å². The second kappa shape index (κ2) is 7.46. The van der Waals surface area contributed by atoms with Crippen LogP contribution in [-0.2, 0) is 0 Å². The first-order valence-electron chi connectivity index (χ1n) is 7.19. The molecule has 2 aromatic rings. The number of anilines is 2. The molecule has 0 amide bonds. The molecule has 2 aromatic carbocycles. The summed E-state index contributed by atoms with van der Waals surface area (Å²) in [5.41, 5.74) is 9.36. The Balaban J connectivity index is 2.11. The van der Waals surface area contributed by atoms with Crippen LogP contribution in [0.4, 0.5) is 15.8 Å². The Hall–Kier alpha value is -2.08. The summed E-state index contributed by atoms with van der Waals surface area (Å²) in [5.74, 6) is 0.0512. The monoisotopic (exact) mass is 378 g/mol. The number of guanidine groups is 1. The number of hydrogen-bond acceptors (Lipinski definition) is 2. The Morgan fingerprint density at radius 2 is 1.87 bits per heavy atom. The summed E-state index contributed by atoms with van der Waals surface area (Å²) < 4.78 is 14.7. The molecule has 0 heterocycles. The van der Waals surface area contributed by atoms with Gasteiger partial charge in [0.2, 0.25) is 0 Å². The highest BCUT2D eigenvalue weighted by Gasteiger charge is 2.11. The number of rotatable bonds is 4. The lowest BCUT2D eigenvalue weighted by Gasteiger charge is -2.22. The van der Waals surface area contributed by atoms with Gasteiger partial charge in [-0.3, -0.25) is 0 Å². The number of benzene rings is 2. The van der Waals surface area contributed by atoms with E-state index in [1.54, 1.807) is 11.0 Å². The SMILES string of the molecule is Cc1cccc(F)c1NCN=C(N)N(C)c1c(C)cccc1Br. The fourth-order valence-corrected chi connectivity index (χ4v) is 3.06. The summed E-state index contributed by atoms with van der Waals surface area (Å²) >= 11 is 3.52. The van der Waals surface area contributed by atoms with Crippen molar-refractivity contribution >= 4 is 33.3 Å². The predicted molar refractivity (Wildman–Crippen MR) is 98.5 cm³/mol. The van der Waals surface area contributed by atoms with Crippen molar-refractivity contribution in [3.05, 3.63) is 57.8 Å². The molecule has 3 N–H and O–H groups in total. The van der Waals surface area contributed by atoms with Crippen LogP contribution < -0.4 is 16.0 Å². The summed E-state index contributed by atoms with van der Waals surface area (Å²) in [4.78, 5) is 6.08. The van der Waals surface area contributed by atoms with Gasteiger partial charge in [0.25, 0.3) is 0 Å². The first kappa shape index (κ1) is 17.3. The standard InChI is InChI=1S/C17H20BrFN4/c1-11-6-5-9-14(19)15(11)21-10-22-17(20)23(3)16-12(2)7-4-8-13(16)18/h4-9,21H,10H2,1-3H3,(H2,20,22). The van der Waals surface area contributed by atoms with Gasteiger partial charge in [-0.2, -0.15) is 0 Å². The van der Waals surface area contributed by atoms with Crippen LogP contribution in [0, 0.1) is 19.7 Å². The van der Waals surface area contributed by atoms with Crippen LogP contribution in [0.5, 0.6) is 0 Å². The van der Waals surface area contributed by atoms with Crippen LogP contribution >= 0.6 is 15.9 Å². The molecule has 0 aliphatic rings. The number of para-hydroxylation sites is 2. The first-order valence-corrected chi connectivity index (χ1v) is 7.99. The molecule has 23 heavy (non-hydrogen) atoms. The molecule has 0 bridgehead atoms. The fourth-order valence-electron chi connectivity index (χ4n) is 2.32. The number of hydrogen-bond donors (Lipinski definition) is 2. The van der Waals surface area contributed by atoms with Crippen LogP contribution in [0.15, 0.2) is 45.9 Å². The number of nitrogens with one attached hydrogen (secondary N) is 1. The number of nitrogens with zero attached hydrogens (tertiary/aromatic N) is 2. The van der Waals surface area contributed by atoms with Crippen LogP contribution in [0.3, 0.4) is 0 Å². The molecule has 0 fully saturated rings. The quantitative estimate of drug-likeness (QED) is 0.623. The second-order valence-corrected chi connectivity index (χ2v) is 6.10. The van der Waals surface area contributed by atoms with E-state index in [1.165, 1.54) is 6.07 Å². The third-order valence-electron chi connectivity index (χ3n) is 3.59. The van der Waals surface area contributed by atoms with Gasteiger partial charge in [-0.15, -0.1) is 0 Å². The van der Waals surface area contributed by atoms with E-state index in [0.717, 1.165) is 21.3 Å². The van der Waals surface area contributed by atoms with Gasteiger partial charge in [-0.25, -0.2) is 9.38 Å². The van der Waals surface area contributed by atoms with E-state index in [1.807, 2.05) is 45.2 Å². The van der Waals surface area contributed by atoms with Crippen molar-refractivity contribution in [3.63, 3.8) is 0 Å². The van der Waals surface area contributed by atoms with E-state index < -0.39 is 0 Å². The van der Waals surface area contributed by atoms with Gasteiger partial charge in [0.05, 0.1) is 11.4 Å². The van der Waals surface area contributed by atoms with Gasteiger partial charge in [-0.1, -0.05) is 24.3 Å². The molecule has 0 spiro atoms. The van der Waals surface area contributed by atoms with Crippen molar-refractivity contribution in [2.45, 2.75) is 13.8 Å². The van der Waals surface area contributed by atoms with Crippen molar-refractivity contribution in [1.29, 1.82) is 0 Å². The van der Waals surface area contributed by atoms with Crippen molar-refractivity contribution in [3.8, 4) is 0 Å². The molecule has 0 saturated carbocycles. The van der Waals surface area contributed by atoms with Crippen LogP contribution in [-0.4, -0.2) is 19.7 Å². The van der Waals surface area contributed by atoms with E-state index in [9.17, 15) is 4.39 Å². The minimum absolute atomic E-state index is 0.196. The summed E-state index contributed by atoms with van der Waals surface area (Å²) in [7, 11) is 1.85. The Kier molecular flexibility index (Phi) is 5.60. The van der Waals surface area contributed by atoms with Crippen molar-refractivity contribution in [2.24, 2.45) is 10.7 Å². The Morgan fingerprint density at radius 3 is 2.52 bits per heavy atom. The molecule has 0 saturated heterocycles. The number of halogens is 2. The maximum atomic E-state index is 13.7. The lowest BCUT2D eigenvalue weighted by molar-refractivity contribution is 0.629. The van der Waals surface area contributed by atoms with E-state index in [-0.39, 0.29) is 12.5 Å². The zero-order valence-electron chi connectivity index (χ0n) is 13.4. The smallest absolute Gasteiger partial charge is 0.197 e. The number of aryl methyl sites for hydroxylation is 2. The molecular formula is C17H20BrFN4. The maximum absolute atomic E-state index is 13.7. The van der Waals surface area contributed by atoms with Crippen LogP contribution in [0.25, 0.3) is 0 Å². The van der Waals surface area contributed by atoms with Crippen LogP contribution in [0.2, 0.25) is 0 Å². The Bertz CT molecular complexity index is 690. The molecule has 0 aliphatic heterocycles. The first-order chi connectivity index (χ1) is 10.9. The molecule has 0 atom stereocenters. The van der Waals surface area contributed by atoms with E-state index >= 15 is 0 Å². The minimum atomic E-state index is -0.297. The molecule has 0 aromatic heterocycles. The third kappa shape index (κ3) is 4.01. The molecule has 0 radical (unpaired) electrons. The van der Waals surface area contributed by atoms with E-state index in [2.05, 4.69) is 26.2 Å². The fraction of sp³-hybridized carbons (Fsp3) is 0.235. The summed E-state index contributed by atoms with van der Waals surface area (Å²) in [6.45, 7) is 4.04. The minimum Gasteiger partial charge on any atom is -0.369 e. The molecule has 6 heteroatoms. The maximum Gasteiger partial charge on any atom is 0.197 e. The highest BCUT2D eigenvalue weighted by molar-refractivity contribution is 9.10. The van der Waals surface area contributed by atoms with Gasteiger partial charge in [0.15, 0.2) is 5.96 Å². The highest BCUT2D eigenvalue weighted by atomic mass is 79.9. The Labute approximate surface area is 144 Å². The normalized spacial score (nSPS) is 11.4. The van der Waals surface area contributed by atoms with Gasteiger partial charge in [0.1, 0.15) is 12.5 Å². The Morgan fingerprint density at radius 1 is 1.22 bits per heavy atom. The molecule has 4 nitrogen and oxygen atoms in total. The van der Waals surface area contributed by atoms with Crippen LogP contribution in [0.1, 0.15) is 11.1 Å². The largest absolute Gasteiger partial charge is 0.369 e. The zero-order valence-corrected chi connectivity index (χ0v) is 15.0. The highest BCUT2D eigenvalue weighted by Crippen LogP contribution is 2.28. The average molecular weight is 379 g/mol. The molecule has 0 unspecified atom stereocenters. The number of nitrogens with two attached hydrogens (primary N) is 1. The second-order valence-electron chi connectivity index (χ2n) is 5.25. The molecular weight excluding hydrogens is 359 g/mol. The van der Waals surface area contributed by atoms with Gasteiger partial charge in [0, 0.05) is 11.5 Å². The summed E-state index contributed by atoms with van der Waals surface area (Å²) in [5, 5.41) is 2.97.